The molecule has 0 amide bonds. The number of nitrogens with zero attached hydrogens (tertiary/aromatic N) is 1. The Kier molecular flexibility index (Phi) is 5.20. The second-order valence-corrected chi connectivity index (χ2v) is 5.29. The molecule has 1 aromatic carbocycles. The summed E-state index contributed by atoms with van der Waals surface area (Å²) in [6.07, 6.45) is 0.747. The van der Waals surface area contributed by atoms with Gasteiger partial charge in [-0.25, -0.2) is 0 Å². The summed E-state index contributed by atoms with van der Waals surface area (Å²) in [6.45, 7) is 5.29. The number of methoxy groups -OCH3 is 2. The van der Waals surface area contributed by atoms with Gasteiger partial charge in [0.1, 0.15) is 0 Å². The lowest BCUT2D eigenvalue weighted by Gasteiger charge is -2.29. The molecule has 0 bridgehead atoms. The van der Waals surface area contributed by atoms with Crippen molar-refractivity contribution in [2.45, 2.75) is 13.3 Å². The molecule has 2 rings (SSSR count). The van der Waals surface area contributed by atoms with Gasteiger partial charge in [-0.15, -0.1) is 0 Å². The van der Waals surface area contributed by atoms with Crippen LogP contribution in [0.2, 0.25) is 0 Å². The monoisotopic (exact) mass is 295 g/mol. The molecule has 0 aliphatic carbocycles. The fraction of sp³-hybridized carbons (Fsp3) is 0.533. The minimum Gasteiger partial charge on any atom is -0.493 e. The van der Waals surface area contributed by atoms with Gasteiger partial charge >= 0.3 is 0 Å². The lowest BCUT2D eigenvalue weighted by Crippen LogP contribution is -2.40. The first kappa shape index (κ1) is 15.1. The quantitative estimate of drug-likeness (QED) is 0.795. The van der Waals surface area contributed by atoms with E-state index in [1.165, 1.54) is 0 Å². The van der Waals surface area contributed by atoms with Crippen LogP contribution in [0.25, 0.3) is 0 Å². The SMILES string of the molecule is COc1cc(CC(=S)N2CCOCC2)cc(C)c1OC. The molecule has 1 aromatic rings. The minimum absolute atomic E-state index is 0.747. The number of thiocarbonyl (C=S) groups is 1. The summed E-state index contributed by atoms with van der Waals surface area (Å²) in [7, 11) is 3.31. The van der Waals surface area contributed by atoms with Crippen LogP contribution in [-0.4, -0.2) is 50.4 Å². The summed E-state index contributed by atoms with van der Waals surface area (Å²) < 4.78 is 16.1. The van der Waals surface area contributed by atoms with E-state index in [4.69, 9.17) is 26.4 Å². The van der Waals surface area contributed by atoms with Gasteiger partial charge in [-0.2, -0.15) is 0 Å². The molecule has 0 unspecified atom stereocenters. The van der Waals surface area contributed by atoms with Crippen LogP contribution in [0.15, 0.2) is 12.1 Å². The summed E-state index contributed by atoms with van der Waals surface area (Å²) in [5.41, 5.74) is 2.21. The number of rotatable bonds is 4. The predicted molar refractivity (Wildman–Crippen MR) is 83.0 cm³/mol. The molecule has 110 valence electrons. The Morgan fingerprint density at radius 1 is 1.25 bits per heavy atom. The van der Waals surface area contributed by atoms with Gasteiger partial charge in [-0.05, 0) is 24.1 Å². The van der Waals surface area contributed by atoms with E-state index in [1.54, 1.807) is 14.2 Å². The average Bonchev–Trinajstić information content (AvgIpc) is 2.47. The molecule has 1 aliphatic heterocycles. The summed E-state index contributed by atoms with van der Waals surface area (Å²) in [6, 6.07) is 4.10. The van der Waals surface area contributed by atoms with Gasteiger partial charge in [-0.3, -0.25) is 0 Å². The highest BCUT2D eigenvalue weighted by Gasteiger charge is 2.16. The van der Waals surface area contributed by atoms with Crippen molar-refractivity contribution in [2.24, 2.45) is 0 Å². The summed E-state index contributed by atoms with van der Waals surface area (Å²) in [5, 5.41) is 0. The normalized spacial score (nSPS) is 15.1. The molecule has 0 saturated carbocycles. The van der Waals surface area contributed by atoms with Crippen LogP contribution < -0.4 is 9.47 Å². The zero-order valence-corrected chi connectivity index (χ0v) is 13.1. The summed E-state index contributed by atoms with van der Waals surface area (Å²) in [4.78, 5) is 3.17. The Bertz CT molecular complexity index is 484. The Labute approximate surface area is 125 Å². The fourth-order valence-electron chi connectivity index (χ4n) is 2.43. The van der Waals surface area contributed by atoms with E-state index >= 15 is 0 Å². The van der Waals surface area contributed by atoms with E-state index in [9.17, 15) is 0 Å². The van der Waals surface area contributed by atoms with Gasteiger partial charge < -0.3 is 19.1 Å². The van der Waals surface area contributed by atoms with E-state index in [2.05, 4.69) is 11.0 Å². The van der Waals surface area contributed by atoms with Crippen LogP contribution >= 0.6 is 12.2 Å². The maximum absolute atomic E-state index is 5.54. The fourth-order valence-corrected chi connectivity index (χ4v) is 2.78. The van der Waals surface area contributed by atoms with Crippen molar-refractivity contribution in [3.05, 3.63) is 23.3 Å². The van der Waals surface area contributed by atoms with Gasteiger partial charge in [0.2, 0.25) is 0 Å². The molecule has 5 heteroatoms. The standard InChI is InChI=1S/C15H21NO3S/c1-11-8-12(9-13(17-2)15(11)18-3)10-14(20)16-4-6-19-7-5-16/h8-9H,4-7,10H2,1-3H3. The van der Waals surface area contributed by atoms with Crippen molar-refractivity contribution < 1.29 is 14.2 Å². The van der Waals surface area contributed by atoms with Crippen molar-refractivity contribution in [3.8, 4) is 11.5 Å². The van der Waals surface area contributed by atoms with Crippen molar-refractivity contribution in [1.29, 1.82) is 0 Å². The minimum atomic E-state index is 0.747. The highest BCUT2D eigenvalue weighted by Crippen LogP contribution is 2.32. The lowest BCUT2D eigenvalue weighted by atomic mass is 10.1. The van der Waals surface area contributed by atoms with Crippen LogP contribution in [0.5, 0.6) is 11.5 Å². The Balaban J connectivity index is 2.12. The van der Waals surface area contributed by atoms with Gasteiger partial charge in [0.05, 0.1) is 32.4 Å². The van der Waals surface area contributed by atoms with E-state index in [1.807, 2.05) is 13.0 Å². The number of benzene rings is 1. The van der Waals surface area contributed by atoms with Gasteiger partial charge in [0.15, 0.2) is 11.5 Å². The van der Waals surface area contributed by atoms with Crippen molar-refractivity contribution >= 4 is 17.2 Å². The van der Waals surface area contributed by atoms with Gasteiger partial charge in [0, 0.05) is 19.5 Å². The van der Waals surface area contributed by atoms with Crippen LogP contribution in [0.1, 0.15) is 11.1 Å². The van der Waals surface area contributed by atoms with E-state index in [0.717, 1.165) is 60.3 Å². The number of aryl methyl sites for hydroxylation is 1. The smallest absolute Gasteiger partial charge is 0.163 e. The molecule has 1 fully saturated rings. The van der Waals surface area contributed by atoms with E-state index in [-0.39, 0.29) is 0 Å². The highest BCUT2D eigenvalue weighted by molar-refractivity contribution is 7.80. The maximum Gasteiger partial charge on any atom is 0.163 e. The van der Waals surface area contributed by atoms with Crippen molar-refractivity contribution in [2.75, 3.05) is 40.5 Å². The molecule has 0 radical (unpaired) electrons. The molecule has 20 heavy (non-hydrogen) atoms. The Morgan fingerprint density at radius 3 is 2.55 bits per heavy atom. The Hall–Kier alpha value is -1.33. The molecule has 1 aliphatic rings. The zero-order chi connectivity index (χ0) is 14.5. The van der Waals surface area contributed by atoms with Gasteiger partial charge in [0.25, 0.3) is 0 Å². The predicted octanol–water partition coefficient (Wildman–Crippen LogP) is 2.21. The lowest BCUT2D eigenvalue weighted by molar-refractivity contribution is 0.0684. The molecule has 0 N–H and O–H groups in total. The number of morpholine rings is 1. The first-order valence-electron chi connectivity index (χ1n) is 6.72. The third kappa shape index (κ3) is 3.41. The van der Waals surface area contributed by atoms with E-state index in [0.29, 0.717) is 0 Å². The third-order valence-electron chi connectivity index (χ3n) is 3.44. The molecule has 1 saturated heterocycles. The van der Waals surface area contributed by atoms with Crippen molar-refractivity contribution in [1.82, 2.24) is 4.90 Å². The second-order valence-electron chi connectivity index (χ2n) is 4.82. The third-order valence-corrected chi connectivity index (χ3v) is 3.85. The molecular weight excluding hydrogens is 274 g/mol. The molecule has 0 spiro atoms. The van der Waals surface area contributed by atoms with Crippen LogP contribution in [0.3, 0.4) is 0 Å². The van der Waals surface area contributed by atoms with E-state index < -0.39 is 0 Å². The Morgan fingerprint density at radius 2 is 1.95 bits per heavy atom. The molecule has 0 atom stereocenters. The summed E-state index contributed by atoms with van der Waals surface area (Å²) >= 11 is 5.54. The largest absolute Gasteiger partial charge is 0.493 e. The number of hydrogen-bond acceptors (Lipinski definition) is 4. The topological polar surface area (TPSA) is 30.9 Å². The molecule has 4 nitrogen and oxygen atoms in total. The van der Waals surface area contributed by atoms with Crippen molar-refractivity contribution in [3.63, 3.8) is 0 Å². The maximum atomic E-state index is 5.54. The molecule has 0 aromatic heterocycles. The van der Waals surface area contributed by atoms with Gasteiger partial charge in [-0.1, -0.05) is 18.3 Å². The molecule has 1 heterocycles. The number of hydrogen-bond donors (Lipinski definition) is 0. The number of ether oxygens (including phenoxy) is 3. The average molecular weight is 295 g/mol. The van der Waals surface area contributed by atoms with Crippen LogP contribution in [-0.2, 0) is 11.2 Å². The summed E-state index contributed by atoms with van der Waals surface area (Å²) in [5.74, 6) is 1.54. The van der Waals surface area contributed by atoms with Crippen LogP contribution in [0, 0.1) is 6.92 Å². The zero-order valence-electron chi connectivity index (χ0n) is 12.3. The highest BCUT2D eigenvalue weighted by atomic mass is 32.1. The molecular formula is C15H21NO3S. The second kappa shape index (κ2) is 6.90. The van der Waals surface area contributed by atoms with Crippen LogP contribution in [0.4, 0.5) is 0 Å². The first-order chi connectivity index (χ1) is 9.65. The first-order valence-corrected chi connectivity index (χ1v) is 7.13.